The van der Waals surface area contributed by atoms with Crippen molar-refractivity contribution in [2.75, 3.05) is 20.3 Å². The van der Waals surface area contributed by atoms with Crippen LogP contribution in [0.5, 0.6) is 0 Å². The molecule has 0 unspecified atom stereocenters. The van der Waals surface area contributed by atoms with Crippen LogP contribution in [0.25, 0.3) is 0 Å². The van der Waals surface area contributed by atoms with Gasteiger partial charge in [0.25, 0.3) is 0 Å². The van der Waals surface area contributed by atoms with Gasteiger partial charge in [-0.15, -0.1) is 0 Å². The van der Waals surface area contributed by atoms with Gasteiger partial charge in [-0.3, -0.25) is 0 Å². The summed E-state index contributed by atoms with van der Waals surface area (Å²) in [4.78, 5) is 4.38. The molecule has 1 saturated carbocycles. The summed E-state index contributed by atoms with van der Waals surface area (Å²) in [6, 6.07) is 10.6. The van der Waals surface area contributed by atoms with Crippen molar-refractivity contribution >= 4 is 0 Å². The van der Waals surface area contributed by atoms with Crippen LogP contribution in [-0.4, -0.2) is 25.2 Å². The molecule has 0 spiro atoms. The molecule has 0 bridgehead atoms. The van der Waals surface area contributed by atoms with Gasteiger partial charge in [-0.25, -0.2) is 4.98 Å². The average molecular weight is 272 g/mol. The fourth-order valence-electron chi connectivity index (χ4n) is 2.54. The van der Waals surface area contributed by atoms with E-state index in [-0.39, 0.29) is 5.41 Å². The van der Waals surface area contributed by atoms with Crippen molar-refractivity contribution < 1.29 is 9.15 Å². The van der Waals surface area contributed by atoms with Gasteiger partial charge in [-0.1, -0.05) is 30.3 Å². The Morgan fingerprint density at radius 2 is 2.10 bits per heavy atom. The van der Waals surface area contributed by atoms with E-state index >= 15 is 0 Å². The smallest absolute Gasteiger partial charge is 0.208 e. The largest absolute Gasteiger partial charge is 0.443 e. The Morgan fingerprint density at radius 3 is 2.80 bits per heavy atom. The van der Waals surface area contributed by atoms with Crippen molar-refractivity contribution in [3.8, 4) is 0 Å². The highest BCUT2D eigenvalue weighted by Crippen LogP contribution is 2.53. The lowest BCUT2D eigenvalue weighted by Crippen LogP contribution is -2.18. The van der Waals surface area contributed by atoms with Gasteiger partial charge in [-0.05, 0) is 18.4 Å². The Balaban J connectivity index is 1.68. The Labute approximate surface area is 119 Å². The van der Waals surface area contributed by atoms with Crippen LogP contribution in [0, 0.1) is 0 Å². The van der Waals surface area contributed by atoms with Crippen LogP contribution in [0.15, 0.2) is 40.9 Å². The van der Waals surface area contributed by atoms with Crippen LogP contribution in [0.1, 0.15) is 30.1 Å². The first-order chi connectivity index (χ1) is 9.85. The van der Waals surface area contributed by atoms with E-state index in [9.17, 15) is 0 Å². The SMILES string of the molecule is COCCNCc1ncc(C2(c3ccccc3)CC2)o1. The minimum Gasteiger partial charge on any atom is -0.443 e. The second-order valence-electron chi connectivity index (χ2n) is 5.24. The standard InChI is InChI=1S/C16H20N2O2/c1-19-10-9-17-12-15-18-11-14(20-15)16(7-8-16)13-5-3-2-4-6-13/h2-6,11,17H,7-10,12H2,1H3. The number of aromatic nitrogens is 1. The van der Waals surface area contributed by atoms with Crippen LogP contribution in [0.2, 0.25) is 0 Å². The molecule has 106 valence electrons. The third kappa shape index (κ3) is 2.62. The van der Waals surface area contributed by atoms with Crippen molar-refractivity contribution in [1.82, 2.24) is 10.3 Å². The van der Waals surface area contributed by atoms with Gasteiger partial charge in [0.2, 0.25) is 5.89 Å². The molecule has 1 aliphatic rings. The third-order valence-electron chi connectivity index (χ3n) is 3.86. The normalized spacial score (nSPS) is 16.2. The molecule has 1 aliphatic carbocycles. The van der Waals surface area contributed by atoms with Gasteiger partial charge < -0.3 is 14.5 Å². The minimum absolute atomic E-state index is 0.0685. The fraction of sp³-hybridized carbons (Fsp3) is 0.438. The molecule has 0 radical (unpaired) electrons. The number of hydrogen-bond acceptors (Lipinski definition) is 4. The molecule has 0 saturated heterocycles. The maximum atomic E-state index is 5.93. The zero-order valence-electron chi connectivity index (χ0n) is 11.8. The second kappa shape index (κ2) is 5.77. The van der Waals surface area contributed by atoms with E-state index in [1.54, 1.807) is 7.11 Å². The van der Waals surface area contributed by atoms with Crippen LogP contribution < -0.4 is 5.32 Å². The summed E-state index contributed by atoms with van der Waals surface area (Å²) in [5, 5.41) is 3.25. The van der Waals surface area contributed by atoms with Crippen molar-refractivity contribution in [2.45, 2.75) is 24.8 Å². The molecule has 1 N–H and O–H groups in total. The van der Waals surface area contributed by atoms with E-state index in [2.05, 4.69) is 34.6 Å². The summed E-state index contributed by atoms with van der Waals surface area (Å²) in [5.74, 6) is 1.74. The maximum absolute atomic E-state index is 5.93. The van der Waals surface area contributed by atoms with Crippen LogP contribution in [-0.2, 0) is 16.7 Å². The highest BCUT2D eigenvalue weighted by Gasteiger charge is 2.48. The zero-order chi connectivity index (χ0) is 13.8. The maximum Gasteiger partial charge on any atom is 0.208 e. The lowest BCUT2D eigenvalue weighted by Gasteiger charge is -2.11. The molecule has 20 heavy (non-hydrogen) atoms. The molecule has 1 heterocycles. The van der Waals surface area contributed by atoms with E-state index in [1.807, 2.05) is 12.3 Å². The molecule has 1 aromatic carbocycles. The van der Waals surface area contributed by atoms with Gasteiger partial charge >= 0.3 is 0 Å². The monoisotopic (exact) mass is 272 g/mol. The van der Waals surface area contributed by atoms with Crippen LogP contribution in [0.3, 0.4) is 0 Å². The number of ether oxygens (including phenoxy) is 1. The Morgan fingerprint density at radius 1 is 1.30 bits per heavy atom. The number of benzene rings is 1. The molecule has 3 rings (SSSR count). The fourth-order valence-corrected chi connectivity index (χ4v) is 2.54. The Bertz CT molecular complexity index is 547. The Kier molecular flexibility index (Phi) is 3.85. The van der Waals surface area contributed by atoms with E-state index in [4.69, 9.17) is 9.15 Å². The molecular formula is C16H20N2O2. The van der Waals surface area contributed by atoms with Crippen molar-refractivity contribution in [1.29, 1.82) is 0 Å². The topological polar surface area (TPSA) is 47.3 Å². The number of nitrogens with one attached hydrogen (secondary N) is 1. The van der Waals surface area contributed by atoms with E-state index < -0.39 is 0 Å². The van der Waals surface area contributed by atoms with Gasteiger partial charge in [-0.2, -0.15) is 0 Å². The highest BCUT2D eigenvalue weighted by atomic mass is 16.5. The van der Waals surface area contributed by atoms with Crippen LogP contribution >= 0.6 is 0 Å². The molecule has 1 fully saturated rings. The minimum atomic E-state index is 0.0685. The summed E-state index contributed by atoms with van der Waals surface area (Å²) in [7, 11) is 1.70. The third-order valence-corrected chi connectivity index (χ3v) is 3.86. The predicted octanol–water partition coefficient (Wildman–Crippen LogP) is 2.49. The first-order valence-electron chi connectivity index (χ1n) is 7.05. The summed E-state index contributed by atoms with van der Waals surface area (Å²) in [6.45, 7) is 2.15. The van der Waals surface area contributed by atoms with Gasteiger partial charge in [0.1, 0.15) is 5.76 Å². The van der Waals surface area contributed by atoms with Crippen molar-refractivity contribution in [2.24, 2.45) is 0 Å². The molecule has 0 atom stereocenters. The zero-order valence-corrected chi connectivity index (χ0v) is 11.8. The van der Waals surface area contributed by atoms with E-state index in [1.165, 1.54) is 5.56 Å². The van der Waals surface area contributed by atoms with Crippen LogP contribution in [0.4, 0.5) is 0 Å². The molecule has 4 nitrogen and oxygen atoms in total. The van der Waals surface area contributed by atoms with Crippen molar-refractivity contribution in [3.05, 3.63) is 53.7 Å². The van der Waals surface area contributed by atoms with Crippen molar-refractivity contribution in [3.63, 3.8) is 0 Å². The average Bonchev–Trinajstić information content (AvgIpc) is 3.18. The number of nitrogens with zero attached hydrogens (tertiary/aromatic N) is 1. The first-order valence-corrected chi connectivity index (χ1v) is 7.05. The van der Waals surface area contributed by atoms with E-state index in [0.717, 1.165) is 31.0 Å². The molecule has 0 amide bonds. The van der Waals surface area contributed by atoms with Gasteiger partial charge in [0.05, 0.1) is 24.8 Å². The highest BCUT2D eigenvalue weighted by molar-refractivity contribution is 5.39. The second-order valence-corrected chi connectivity index (χ2v) is 5.24. The summed E-state index contributed by atoms with van der Waals surface area (Å²) in [6.07, 6.45) is 4.17. The number of methoxy groups -OCH3 is 1. The van der Waals surface area contributed by atoms with Gasteiger partial charge in [0.15, 0.2) is 0 Å². The molecule has 2 aromatic rings. The quantitative estimate of drug-likeness (QED) is 0.787. The number of oxazole rings is 1. The van der Waals surface area contributed by atoms with Gasteiger partial charge in [0, 0.05) is 13.7 Å². The summed E-state index contributed by atoms with van der Waals surface area (Å²) in [5.41, 5.74) is 1.40. The lowest BCUT2D eigenvalue weighted by molar-refractivity contribution is 0.198. The molecular weight excluding hydrogens is 252 g/mol. The molecule has 0 aliphatic heterocycles. The first kappa shape index (κ1) is 13.3. The summed E-state index contributed by atoms with van der Waals surface area (Å²) >= 11 is 0. The summed E-state index contributed by atoms with van der Waals surface area (Å²) < 4.78 is 10.9. The number of rotatable bonds is 7. The molecule has 4 heteroatoms. The number of hydrogen-bond donors (Lipinski definition) is 1. The molecule has 1 aromatic heterocycles. The predicted molar refractivity (Wildman–Crippen MR) is 76.5 cm³/mol. The Hall–Kier alpha value is -1.65. The lowest BCUT2D eigenvalue weighted by atomic mass is 9.94. The van der Waals surface area contributed by atoms with E-state index in [0.29, 0.717) is 13.2 Å².